The number of alkyl halides is 3. The van der Waals surface area contributed by atoms with Gasteiger partial charge in [0, 0.05) is 29.8 Å². The van der Waals surface area contributed by atoms with Crippen molar-refractivity contribution in [2.45, 2.75) is 25.9 Å². The first kappa shape index (κ1) is 20.4. The minimum Gasteiger partial charge on any atom is -0.468 e. The lowest BCUT2D eigenvalue weighted by atomic mass is 10.1. The average molecular weight is 407 g/mol. The molecule has 0 aliphatic rings. The Morgan fingerprint density at radius 2 is 1.97 bits per heavy atom. The molecule has 0 aliphatic heterocycles. The first-order chi connectivity index (χ1) is 13.7. The first-order valence-electron chi connectivity index (χ1n) is 8.70. The molecule has 2 heterocycles. The topological polar surface area (TPSA) is 78.6 Å². The summed E-state index contributed by atoms with van der Waals surface area (Å²) in [5, 5.41) is 0.749. The Balaban J connectivity index is 1.75. The lowest BCUT2D eigenvalue weighted by Crippen LogP contribution is -2.19. The zero-order valence-corrected chi connectivity index (χ0v) is 15.3. The van der Waals surface area contributed by atoms with Crippen molar-refractivity contribution in [1.29, 1.82) is 0 Å². The van der Waals surface area contributed by atoms with Crippen molar-refractivity contribution in [2.24, 2.45) is 0 Å². The SMILES string of the molecule is CCCc1cc(=O)oc2cc(OC(=O)c3ccc(OCC(F)(F)F)nc3)ccc12. The van der Waals surface area contributed by atoms with Crippen LogP contribution in [0, 0.1) is 0 Å². The van der Waals surface area contributed by atoms with Crippen LogP contribution in [0.25, 0.3) is 11.0 Å². The number of halogens is 3. The Labute approximate surface area is 162 Å². The monoisotopic (exact) mass is 407 g/mol. The summed E-state index contributed by atoms with van der Waals surface area (Å²) in [6.45, 7) is 0.510. The highest BCUT2D eigenvalue weighted by Crippen LogP contribution is 2.24. The molecule has 0 atom stereocenters. The highest BCUT2D eigenvalue weighted by Gasteiger charge is 2.28. The van der Waals surface area contributed by atoms with Crippen molar-refractivity contribution in [2.75, 3.05) is 6.61 Å². The summed E-state index contributed by atoms with van der Waals surface area (Å²) in [6.07, 6.45) is -1.88. The van der Waals surface area contributed by atoms with E-state index in [0.29, 0.717) is 12.0 Å². The molecule has 0 saturated heterocycles. The van der Waals surface area contributed by atoms with Gasteiger partial charge in [-0.2, -0.15) is 13.2 Å². The number of pyridine rings is 1. The van der Waals surface area contributed by atoms with E-state index in [1.807, 2.05) is 6.92 Å². The number of esters is 1. The molecular formula is C20H16F3NO5. The minimum absolute atomic E-state index is 0.0191. The number of ether oxygens (including phenoxy) is 2. The molecule has 3 aromatic rings. The molecule has 3 rings (SSSR count). The van der Waals surface area contributed by atoms with Crippen LogP contribution in [-0.4, -0.2) is 23.7 Å². The van der Waals surface area contributed by atoms with Gasteiger partial charge in [-0.15, -0.1) is 0 Å². The molecular weight excluding hydrogens is 391 g/mol. The molecule has 0 N–H and O–H groups in total. The van der Waals surface area contributed by atoms with Crippen LogP contribution in [-0.2, 0) is 6.42 Å². The second-order valence-corrected chi connectivity index (χ2v) is 6.18. The molecule has 9 heteroatoms. The lowest BCUT2D eigenvalue weighted by molar-refractivity contribution is -0.154. The quantitative estimate of drug-likeness (QED) is 0.344. The van der Waals surface area contributed by atoms with Gasteiger partial charge in [-0.3, -0.25) is 0 Å². The number of aromatic nitrogens is 1. The van der Waals surface area contributed by atoms with Gasteiger partial charge < -0.3 is 13.9 Å². The van der Waals surface area contributed by atoms with Gasteiger partial charge in [0.15, 0.2) is 6.61 Å². The predicted molar refractivity (Wildman–Crippen MR) is 97.2 cm³/mol. The molecule has 0 radical (unpaired) electrons. The second-order valence-electron chi connectivity index (χ2n) is 6.18. The van der Waals surface area contributed by atoms with Gasteiger partial charge in [-0.1, -0.05) is 13.3 Å². The van der Waals surface area contributed by atoms with Crippen molar-refractivity contribution in [1.82, 2.24) is 4.98 Å². The fourth-order valence-electron chi connectivity index (χ4n) is 2.66. The van der Waals surface area contributed by atoms with Crippen molar-refractivity contribution in [3.05, 3.63) is 64.1 Å². The van der Waals surface area contributed by atoms with E-state index in [1.54, 1.807) is 12.1 Å². The summed E-state index contributed by atoms with van der Waals surface area (Å²) in [4.78, 5) is 27.6. The van der Waals surface area contributed by atoms with Crippen LogP contribution in [0.2, 0.25) is 0 Å². The molecule has 0 bridgehead atoms. The molecule has 0 unspecified atom stereocenters. The third-order valence-corrected chi connectivity index (χ3v) is 3.89. The molecule has 152 valence electrons. The standard InChI is InChI=1S/C20H16F3NO5/c1-2-3-12-8-18(25)29-16-9-14(5-6-15(12)16)28-19(26)13-4-7-17(24-10-13)27-11-20(21,22)23/h4-10H,2-3,11H2,1H3. The smallest absolute Gasteiger partial charge is 0.422 e. The lowest BCUT2D eigenvalue weighted by Gasteiger charge is -2.09. The van der Waals surface area contributed by atoms with Gasteiger partial charge in [0.25, 0.3) is 0 Å². The molecule has 0 aliphatic carbocycles. The molecule has 0 amide bonds. The number of nitrogens with zero attached hydrogens (tertiary/aromatic N) is 1. The summed E-state index contributed by atoms with van der Waals surface area (Å²) in [6, 6.07) is 8.50. The average Bonchev–Trinajstić information content (AvgIpc) is 2.66. The Kier molecular flexibility index (Phi) is 5.86. The van der Waals surface area contributed by atoms with E-state index in [1.165, 1.54) is 18.2 Å². The molecule has 2 aromatic heterocycles. The number of fused-ring (bicyclic) bond motifs is 1. The Morgan fingerprint density at radius 1 is 1.17 bits per heavy atom. The Hall–Kier alpha value is -3.36. The zero-order valence-electron chi connectivity index (χ0n) is 15.3. The fraction of sp³-hybridized carbons (Fsp3) is 0.250. The van der Waals surface area contributed by atoms with Gasteiger partial charge >= 0.3 is 17.8 Å². The van der Waals surface area contributed by atoms with E-state index in [2.05, 4.69) is 9.72 Å². The number of carbonyl (C=O) groups excluding carboxylic acids is 1. The van der Waals surface area contributed by atoms with Crippen LogP contribution in [0.5, 0.6) is 11.6 Å². The Morgan fingerprint density at radius 3 is 2.62 bits per heavy atom. The molecule has 0 saturated carbocycles. The predicted octanol–water partition coefficient (Wildman–Crippen LogP) is 4.30. The van der Waals surface area contributed by atoms with E-state index in [9.17, 15) is 22.8 Å². The highest BCUT2D eigenvalue weighted by molar-refractivity contribution is 5.91. The maximum atomic E-state index is 12.2. The largest absolute Gasteiger partial charge is 0.468 e. The molecule has 6 nitrogen and oxygen atoms in total. The number of rotatable bonds is 6. The third-order valence-electron chi connectivity index (χ3n) is 3.89. The van der Waals surface area contributed by atoms with Crippen LogP contribution in [0.4, 0.5) is 13.2 Å². The van der Waals surface area contributed by atoms with Crippen LogP contribution in [0.3, 0.4) is 0 Å². The van der Waals surface area contributed by atoms with Crippen LogP contribution in [0.1, 0.15) is 29.3 Å². The van der Waals surface area contributed by atoms with Gasteiger partial charge in [0.2, 0.25) is 5.88 Å². The van der Waals surface area contributed by atoms with Gasteiger partial charge in [-0.25, -0.2) is 14.6 Å². The van der Waals surface area contributed by atoms with E-state index in [-0.39, 0.29) is 17.2 Å². The first-order valence-corrected chi connectivity index (χ1v) is 8.70. The molecule has 0 fully saturated rings. The molecule has 1 aromatic carbocycles. The summed E-state index contributed by atoms with van der Waals surface area (Å²) in [7, 11) is 0. The summed E-state index contributed by atoms with van der Waals surface area (Å²) in [5.74, 6) is -0.891. The van der Waals surface area contributed by atoms with Crippen LogP contribution in [0.15, 0.2) is 51.8 Å². The number of benzene rings is 1. The van der Waals surface area contributed by atoms with E-state index in [4.69, 9.17) is 9.15 Å². The zero-order chi connectivity index (χ0) is 21.0. The van der Waals surface area contributed by atoms with Gasteiger partial charge in [0.1, 0.15) is 11.3 Å². The fourth-order valence-corrected chi connectivity index (χ4v) is 2.66. The molecule has 0 spiro atoms. The van der Waals surface area contributed by atoms with E-state index >= 15 is 0 Å². The normalized spacial score (nSPS) is 11.4. The van der Waals surface area contributed by atoms with Crippen molar-refractivity contribution in [3.8, 4) is 11.6 Å². The Bertz CT molecular complexity index is 1070. The van der Waals surface area contributed by atoms with E-state index in [0.717, 1.165) is 29.6 Å². The number of hydrogen-bond donors (Lipinski definition) is 0. The second kappa shape index (κ2) is 8.34. The number of hydrogen-bond acceptors (Lipinski definition) is 6. The van der Waals surface area contributed by atoms with Gasteiger partial charge in [-0.05, 0) is 30.2 Å². The van der Waals surface area contributed by atoms with E-state index < -0.39 is 24.4 Å². The third kappa shape index (κ3) is 5.34. The summed E-state index contributed by atoms with van der Waals surface area (Å²) >= 11 is 0. The van der Waals surface area contributed by atoms with Crippen molar-refractivity contribution in [3.63, 3.8) is 0 Å². The maximum Gasteiger partial charge on any atom is 0.422 e. The highest BCUT2D eigenvalue weighted by atomic mass is 19.4. The number of carbonyl (C=O) groups is 1. The van der Waals surface area contributed by atoms with Crippen molar-refractivity contribution >= 4 is 16.9 Å². The summed E-state index contributed by atoms with van der Waals surface area (Å²) < 4.78 is 51.3. The van der Waals surface area contributed by atoms with Crippen LogP contribution < -0.4 is 15.1 Å². The number of aryl methyl sites for hydroxylation is 1. The van der Waals surface area contributed by atoms with Crippen LogP contribution >= 0.6 is 0 Å². The molecule has 29 heavy (non-hydrogen) atoms. The maximum absolute atomic E-state index is 12.2. The van der Waals surface area contributed by atoms with Gasteiger partial charge in [0.05, 0.1) is 5.56 Å². The minimum atomic E-state index is -4.48. The summed E-state index contributed by atoms with van der Waals surface area (Å²) in [5.41, 5.74) is 0.657. The van der Waals surface area contributed by atoms with Crippen molar-refractivity contribution < 1.29 is 31.9 Å².